The molecule has 0 unspecified atom stereocenters. The zero-order chi connectivity index (χ0) is 18.1. The predicted molar refractivity (Wildman–Crippen MR) is 99.4 cm³/mol. The Morgan fingerprint density at radius 3 is 2.52 bits per heavy atom. The number of rotatable bonds is 9. The molecule has 0 radical (unpaired) electrons. The maximum absolute atomic E-state index is 11.9. The van der Waals surface area contributed by atoms with Crippen LogP contribution in [0.25, 0.3) is 0 Å². The van der Waals surface area contributed by atoms with Crippen molar-refractivity contribution in [1.82, 2.24) is 10.6 Å². The van der Waals surface area contributed by atoms with Gasteiger partial charge in [0.25, 0.3) is 0 Å². The highest BCUT2D eigenvalue weighted by Gasteiger charge is 2.10. The van der Waals surface area contributed by atoms with Crippen molar-refractivity contribution in [2.75, 3.05) is 26.8 Å². The van der Waals surface area contributed by atoms with Crippen LogP contribution in [0.2, 0.25) is 5.02 Å². The van der Waals surface area contributed by atoms with Gasteiger partial charge in [0.05, 0.1) is 20.2 Å². The Morgan fingerprint density at radius 1 is 1.12 bits per heavy atom. The lowest BCUT2D eigenvalue weighted by atomic mass is 10.1. The molecule has 0 aliphatic carbocycles. The van der Waals surface area contributed by atoms with Crippen LogP contribution in [0.1, 0.15) is 18.5 Å². The van der Waals surface area contributed by atoms with E-state index in [1.54, 1.807) is 7.11 Å². The number of carbonyl (C=O) groups excluding carboxylic acids is 1. The summed E-state index contributed by atoms with van der Waals surface area (Å²) in [5, 5.41) is 6.66. The first-order chi connectivity index (χ1) is 12.1. The van der Waals surface area contributed by atoms with Crippen LogP contribution < -0.4 is 20.1 Å². The third kappa shape index (κ3) is 5.96. The summed E-state index contributed by atoms with van der Waals surface area (Å²) in [6.07, 6.45) is 0. The molecule has 0 bridgehead atoms. The van der Waals surface area contributed by atoms with Gasteiger partial charge in [0.15, 0.2) is 11.5 Å². The van der Waals surface area contributed by atoms with Gasteiger partial charge in [-0.3, -0.25) is 4.79 Å². The van der Waals surface area contributed by atoms with Crippen LogP contribution in [0, 0.1) is 0 Å². The molecule has 0 saturated carbocycles. The maximum Gasteiger partial charge on any atom is 0.234 e. The van der Waals surface area contributed by atoms with E-state index in [0.717, 1.165) is 5.56 Å². The first kappa shape index (κ1) is 19.1. The average Bonchev–Trinajstić information content (AvgIpc) is 2.64. The third-order valence-corrected chi connectivity index (χ3v) is 4.04. The molecule has 1 atom stereocenters. The summed E-state index contributed by atoms with van der Waals surface area (Å²) in [4.78, 5) is 11.9. The molecule has 2 aromatic carbocycles. The number of hydrogen-bond donors (Lipinski definition) is 2. The van der Waals surface area contributed by atoms with E-state index in [-0.39, 0.29) is 18.5 Å². The molecule has 0 heterocycles. The van der Waals surface area contributed by atoms with Gasteiger partial charge in [-0.1, -0.05) is 41.9 Å². The number of carbonyl (C=O) groups is 1. The molecule has 134 valence electrons. The summed E-state index contributed by atoms with van der Waals surface area (Å²) in [5.41, 5.74) is 0.969. The van der Waals surface area contributed by atoms with Crippen molar-refractivity contribution in [2.24, 2.45) is 0 Å². The molecule has 2 aromatic rings. The Balaban J connectivity index is 1.68. The van der Waals surface area contributed by atoms with Gasteiger partial charge in [0, 0.05) is 11.1 Å². The maximum atomic E-state index is 11.9. The van der Waals surface area contributed by atoms with Crippen LogP contribution in [0.3, 0.4) is 0 Å². The third-order valence-electron chi connectivity index (χ3n) is 3.69. The molecule has 5 nitrogen and oxygen atoms in total. The van der Waals surface area contributed by atoms with Gasteiger partial charge >= 0.3 is 0 Å². The SMILES string of the molecule is COc1ccccc1OCCNC(=O)CN[C@H](C)c1ccccc1Cl. The second-order valence-corrected chi connectivity index (χ2v) is 5.88. The Bertz CT molecular complexity index is 694. The van der Waals surface area contributed by atoms with Gasteiger partial charge in [0.2, 0.25) is 5.91 Å². The fourth-order valence-corrected chi connectivity index (χ4v) is 2.63. The van der Waals surface area contributed by atoms with Gasteiger partial charge in [-0.2, -0.15) is 0 Å². The van der Waals surface area contributed by atoms with E-state index in [2.05, 4.69) is 10.6 Å². The molecule has 0 aliphatic heterocycles. The molecule has 2 N–H and O–H groups in total. The van der Waals surface area contributed by atoms with Crippen molar-refractivity contribution in [3.05, 3.63) is 59.1 Å². The van der Waals surface area contributed by atoms with E-state index < -0.39 is 0 Å². The van der Waals surface area contributed by atoms with Crippen LogP contribution in [-0.4, -0.2) is 32.7 Å². The Morgan fingerprint density at radius 2 is 1.80 bits per heavy atom. The van der Waals surface area contributed by atoms with Gasteiger partial charge in [0.1, 0.15) is 6.61 Å². The Hall–Kier alpha value is -2.24. The summed E-state index contributed by atoms with van der Waals surface area (Å²) in [5.74, 6) is 1.23. The summed E-state index contributed by atoms with van der Waals surface area (Å²) in [7, 11) is 1.59. The smallest absolute Gasteiger partial charge is 0.234 e. The van der Waals surface area contributed by atoms with Crippen molar-refractivity contribution in [2.45, 2.75) is 13.0 Å². The zero-order valence-electron chi connectivity index (χ0n) is 14.4. The molecular formula is C19H23ClN2O3. The lowest BCUT2D eigenvalue weighted by Gasteiger charge is -2.15. The van der Waals surface area contributed by atoms with Gasteiger partial charge in [-0.15, -0.1) is 0 Å². The lowest BCUT2D eigenvalue weighted by molar-refractivity contribution is -0.120. The molecule has 0 fully saturated rings. The summed E-state index contributed by atoms with van der Waals surface area (Å²) in [6.45, 7) is 2.96. The van der Waals surface area contributed by atoms with Gasteiger partial charge in [-0.05, 0) is 30.7 Å². The normalized spacial score (nSPS) is 11.6. The van der Waals surface area contributed by atoms with Crippen LogP contribution in [0.5, 0.6) is 11.5 Å². The summed E-state index contributed by atoms with van der Waals surface area (Å²) in [6, 6.07) is 15.0. The number of halogens is 1. The molecule has 2 rings (SSSR count). The quantitative estimate of drug-likeness (QED) is 0.672. The lowest BCUT2D eigenvalue weighted by Crippen LogP contribution is -2.37. The van der Waals surface area contributed by atoms with E-state index in [1.807, 2.05) is 55.5 Å². The Labute approximate surface area is 153 Å². The highest BCUT2D eigenvalue weighted by Crippen LogP contribution is 2.25. The average molecular weight is 363 g/mol. The van der Waals surface area contributed by atoms with E-state index >= 15 is 0 Å². The van der Waals surface area contributed by atoms with E-state index in [4.69, 9.17) is 21.1 Å². The minimum absolute atomic E-state index is 0.00993. The topological polar surface area (TPSA) is 59.6 Å². The number of amides is 1. The number of para-hydroxylation sites is 2. The van der Waals surface area contributed by atoms with E-state index in [1.165, 1.54) is 0 Å². The fourth-order valence-electron chi connectivity index (χ4n) is 2.33. The molecule has 0 saturated heterocycles. The predicted octanol–water partition coefficient (Wildman–Crippen LogP) is 3.19. The highest BCUT2D eigenvalue weighted by atomic mass is 35.5. The fraction of sp³-hybridized carbons (Fsp3) is 0.316. The standard InChI is InChI=1S/C19H23ClN2O3/c1-14(15-7-3-4-8-16(15)20)22-13-19(23)21-11-12-25-18-10-6-5-9-17(18)24-2/h3-10,14,22H,11-13H2,1-2H3,(H,21,23)/t14-/m1/s1. The highest BCUT2D eigenvalue weighted by molar-refractivity contribution is 6.31. The van der Waals surface area contributed by atoms with Crippen LogP contribution >= 0.6 is 11.6 Å². The summed E-state index contributed by atoms with van der Waals surface area (Å²) >= 11 is 6.15. The summed E-state index contributed by atoms with van der Waals surface area (Å²) < 4.78 is 10.8. The van der Waals surface area contributed by atoms with Gasteiger partial charge in [-0.25, -0.2) is 0 Å². The van der Waals surface area contributed by atoms with Crippen molar-refractivity contribution >= 4 is 17.5 Å². The number of ether oxygens (including phenoxy) is 2. The van der Waals surface area contributed by atoms with Crippen LogP contribution in [0.4, 0.5) is 0 Å². The number of benzene rings is 2. The molecule has 0 aromatic heterocycles. The zero-order valence-corrected chi connectivity index (χ0v) is 15.2. The molecule has 0 spiro atoms. The largest absolute Gasteiger partial charge is 0.493 e. The minimum Gasteiger partial charge on any atom is -0.493 e. The molecule has 0 aliphatic rings. The van der Waals surface area contributed by atoms with Crippen molar-refractivity contribution in [3.63, 3.8) is 0 Å². The monoisotopic (exact) mass is 362 g/mol. The molecule has 6 heteroatoms. The minimum atomic E-state index is -0.0949. The van der Waals surface area contributed by atoms with E-state index in [9.17, 15) is 4.79 Å². The molecule has 25 heavy (non-hydrogen) atoms. The van der Waals surface area contributed by atoms with Crippen LogP contribution in [-0.2, 0) is 4.79 Å². The van der Waals surface area contributed by atoms with Crippen molar-refractivity contribution in [1.29, 1.82) is 0 Å². The van der Waals surface area contributed by atoms with Gasteiger partial charge < -0.3 is 20.1 Å². The molecule has 1 amide bonds. The molecular weight excluding hydrogens is 340 g/mol. The van der Waals surface area contributed by atoms with E-state index in [0.29, 0.717) is 29.7 Å². The first-order valence-corrected chi connectivity index (χ1v) is 8.50. The second-order valence-electron chi connectivity index (χ2n) is 5.47. The van der Waals surface area contributed by atoms with Crippen molar-refractivity contribution < 1.29 is 14.3 Å². The number of nitrogens with one attached hydrogen (secondary N) is 2. The second kappa shape index (κ2) is 9.91. The number of hydrogen-bond acceptors (Lipinski definition) is 4. The van der Waals surface area contributed by atoms with Crippen molar-refractivity contribution in [3.8, 4) is 11.5 Å². The first-order valence-electron chi connectivity index (χ1n) is 8.12. The number of methoxy groups -OCH3 is 1. The van der Waals surface area contributed by atoms with Crippen LogP contribution in [0.15, 0.2) is 48.5 Å². The Kier molecular flexibility index (Phi) is 7.57.